The number of Topliss-reactive ketones (excluding diaryl/α,β-unsaturated/α-hetero) is 1. The number of rotatable bonds is 1. The minimum absolute atomic E-state index is 0.762. The van der Waals surface area contributed by atoms with Gasteiger partial charge in [0.15, 0.2) is 29.0 Å². The lowest BCUT2D eigenvalue weighted by Crippen LogP contribution is -2.07. The smallest absolute Gasteiger partial charge is 0.206 e. The summed E-state index contributed by atoms with van der Waals surface area (Å²) in [6.45, 7) is 0.762. The molecule has 6 heteroatoms. The normalized spacial score (nSPS) is 10.4. The molecule has 0 aromatic heterocycles. The van der Waals surface area contributed by atoms with Gasteiger partial charge in [-0.3, -0.25) is 4.79 Å². The van der Waals surface area contributed by atoms with Gasteiger partial charge in [0.1, 0.15) is 0 Å². The Labute approximate surface area is 75.8 Å². The molecule has 76 valence electrons. The van der Waals surface area contributed by atoms with Crippen LogP contribution in [-0.4, -0.2) is 10.9 Å². The predicted molar refractivity (Wildman–Crippen MR) is 37.9 cm³/mol. The first kappa shape index (κ1) is 10.5. The molecule has 0 aliphatic carbocycles. The fourth-order valence-electron chi connectivity index (χ4n) is 0.930. The van der Waals surface area contributed by atoms with Crippen molar-refractivity contribution in [1.29, 1.82) is 0 Å². The molecule has 0 bridgehead atoms. The van der Waals surface area contributed by atoms with Crippen LogP contribution in [0.5, 0.6) is 5.75 Å². The first-order valence-corrected chi connectivity index (χ1v) is 3.43. The maximum Gasteiger partial charge on any atom is 0.206 e. The molecule has 1 aromatic rings. The molecule has 2 nitrogen and oxygen atoms in total. The Bertz CT molecular complexity index is 385. The van der Waals surface area contributed by atoms with E-state index in [4.69, 9.17) is 5.11 Å². The molecule has 0 radical (unpaired) electrons. The second-order valence-electron chi connectivity index (χ2n) is 2.54. The van der Waals surface area contributed by atoms with Gasteiger partial charge in [-0.25, -0.2) is 13.2 Å². The molecule has 1 aromatic carbocycles. The molecule has 0 heterocycles. The van der Waals surface area contributed by atoms with E-state index in [2.05, 4.69) is 0 Å². The summed E-state index contributed by atoms with van der Waals surface area (Å²) in [5.74, 6) is -10.7. The van der Waals surface area contributed by atoms with E-state index in [1.807, 2.05) is 0 Å². The highest BCUT2D eigenvalue weighted by molar-refractivity contribution is 5.95. The van der Waals surface area contributed by atoms with Crippen LogP contribution >= 0.6 is 0 Å². The van der Waals surface area contributed by atoms with Gasteiger partial charge >= 0.3 is 0 Å². The molecule has 0 amide bonds. The van der Waals surface area contributed by atoms with E-state index >= 15 is 0 Å². The second-order valence-corrected chi connectivity index (χ2v) is 2.54. The number of halogens is 4. The number of phenolic OH excluding ortho intramolecular Hbond substituents is 1. The number of carbonyl (C=O) groups is 1. The third-order valence-electron chi connectivity index (χ3n) is 1.59. The molecule has 0 fully saturated rings. The Kier molecular flexibility index (Phi) is 2.46. The van der Waals surface area contributed by atoms with E-state index in [0.29, 0.717) is 0 Å². The number of phenols is 1. The highest BCUT2D eigenvalue weighted by Crippen LogP contribution is 2.28. The molecule has 1 N–H and O–H groups in total. The minimum atomic E-state index is -2.07. The number of benzene rings is 1. The summed E-state index contributed by atoms with van der Waals surface area (Å²) >= 11 is 0. The number of carbonyl (C=O) groups excluding carboxylic acids is 1. The van der Waals surface area contributed by atoms with Gasteiger partial charge in [0.2, 0.25) is 5.82 Å². The number of ketones is 1. The number of aromatic hydroxyl groups is 1. The average Bonchev–Trinajstić information content (AvgIpc) is 2.11. The molecule has 14 heavy (non-hydrogen) atoms. The van der Waals surface area contributed by atoms with Crippen molar-refractivity contribution in [2.45, 2.75) is 6.92 Å². The molecule has 1 rings (SSSR count). The first-order chi connectivity index (χ1) is 6.37. The second kappa shape index (κ2) is 3.28. The van der Waals surface area contributed by atoms with Crippen molar-refractivity contribution < 1.29 is 27.5 Å². The zero-order chi connectivity index (χ0) is 11.0. The molecule has 0 spiro atoms. The van der Waals surface area contributed by atoms with Crippen LogP contribution in [0, 0.1) is 23.3 Å². The van der Waals surface area contributed by atoms with E-state index < -0.39 is 40.4 Å². The monoisotopic (exact) mass is 208 g/mol. The van der Waals surface area contributed by atoms with Crippen LogP contribution in [0.4, 0.5) is 17.6 Å². The van der Waals surface area contributed by atoms with Gasteiger partial charge in [-0.2, -0.15) is 4.39 Å². The Hall–Kier alpha value is -1.59. The summed E-state index contributed by atoms with van der Waals surface area (Å²) in [7, 11) is 0. The van der Waals surface area contributed by atoms with Crippen molar-refractivity contribution in [2.75, 3.05) is 0 Å². The maximum atomic E-state index is 12.8. The maximum absolute atomic E-state index is 12.8. The third-order valence-corrected chi connectivity index (χ3v) is 1.59. The molecule has 0 saturated heterocycles. The molecular weight excluding hydrogens is 204 g/mol. The van der Waals surface area contributed by atoms with E-state index in [1.165, 1.54) is 0 Å². The number of hydrogen-bond acceptors (Lipinski definition) is 2. The molecule has 0 saturated carbocycles. The summed E-state index contributed by atoms with van der Waals surface area (Å²) in [4.78, 5) is 10.6. The quantitative estimate of drug-likeness (QED) is 0.332. The third kappa shape index (κ3) is 1.32. The van der Waals surface area contributed by atoms with Crippen molar-refractivity contribution >= 4 is 5.78 Å². The largest absolute Gasteiger partial charge is 0.503 e. The Balaban J connectivity index is 3.68. The summed E-state index contributed by atoms with van der Waals surface area (Å²) < 4.78 is 50.6. The van der Waals surface area contributed by atoms with Gasteiger partial charge < -0.3 is 5.11 Å². The number of hydrogen-bond donors (Lipinski definition) is 1. The van der Waals surface area contributed by atoms with Crippen molar-refractivity contribution in [2.24, 2.45) is 0 Å². The van der Waals surface area contributed by atoms with Crippen molar-refractivity contribution in [1.82, 2.24) is 0 Å². The average molecular weight is 208 g/mol. The zero-order valence-electron chi connectivity index (χ0n) is 6.87. The fourth-order valence-corrected chi connectivity index (χ4v) is 0.930. The van der Waals surface area contributed by atoms with Crippen LogP contribution in [0.2, 0.25) is 0 Å². The van der Waals surface area contributed by atoms with Crippen molar-refractivity contribution in [3.8, 4) is 5.75 Å². The van der Waals surface area contributed by atoms with Gasteiger partial charge in [-0.15, -0.1) is 0 Å². The zero-order valence-corrected chi connectivity index (χ0v) is 6.87. The fraction of sp³-hybridized carbons (Fsp3) is 0.125. The summed E-state index contributed by atoms with van der Waals surface area (Å²) in [6, 6.07) is 0. The van der Waals surface area contributed by atoms with Crippen molar-refractivity contribution in [3.05, 3.63) is 28.8 Å². The first-order valence-electron chi connectivity index (χ1n) is 3.43. The Morgan fingerprint density at radius 2 is 1.50 bits per heavy atom. The van der Waals surface area contributed by atoms with Crippen LogP contribution in [0.3, 0.4) is 0 Å². The van der Waals surface area contributed by atoms with Crippen LogP contribution < -0.4 is 0 Å². The van der Waals surface area contributed by atoms with E-state index in [0.717, 1.165) is 6.92 Å². The van der Waals surface area contributed by atoms with Crippen LogP contribution in [0.25, 0.3) is 0 Å². The van der Waals surface area contributed by atoms with E-state index in [9.17, 15) is 22.4 Å². The van der Waals surface area contributed by atoms with E-state index in [-0.39, 0.29) is 0 Å². The predicted octanol–water partition coefficient (Wildman–Crippen LogP) is 2.15. The topological polar surface area (TPSA) is 37.3 Å². The summed E-state index contributed by atoms with van der Waals surface area (Å²) in [6.07, 6.45) is 0. The van der Waals surface area contributed by atoms with Gasteiger partial charge in [0.05, 0.1) is 5.56 Å². The van der Waals surface area contributed by atoms with Crippen LogP contribution in [-0.2, 0) is 0 Å². The lowest BCUT2D eigenvalue weighted by molar-refractivity contribution is 0.100. The molecular formula is C8H4F4O2. The lowest BCUT2D eigenvalue weighted by atomic mass is 10.1. The van der Waals surface area contributed by atoms with Gasteiger partial charge in [-0.1, -0.05) is 0 Å². The lowest BCUT2D eigenvalue weighted by Gasteiger charge is -2.05. The Morgan fingerprint density at radius 3 is 1.93 bits per heavy atom. The highest BCUT2D eigenvalue weighted by atomic mass is 19.2. The molecule has 0 atom stereocenters. The molecule has 0 aliphatic heterocycles. The van der Waals surface area contributed by atoms with Crippen molar-refractivity contribution in [3.63, 3.8) is 0 Å². The molecule has 0 unspecified atom stereocenters. The minimum Gasteiger partial charge on any atom is -0.503 e. The Morgan fingerprint density at radius 1 is 1.00 bits per heavy atom. The summed E-state index contributed by atoms with van der Waals surface area (Å²) in [5.41, 5.74) is -1.29. The van der Waals surface area contributed by atoms with Gasteiger partial charge in [0, 0.05) is 0 Å². The van der Waals surface area contributed by atoms with Gasteiger partial charge in [0.25, 0.3) is 0 Å². The standard InChI is InChI=1S/C8H4F4O2/c1-2(13)3-4(9)6(11)7(12)8(14)5(3)10/h14H,1H3. The SMILES string of the molecule is CC(=O)c1c(F)c(O)c(F)c(F)c1F. The van der Waals surface area contributed by atoms with Crippen LogP contribution in [0.15, 0.2) is 0 Å². The van der Waals surface area contributed by atoms with E-state index in [1.54, 1.807) is 0 Å². The highest BCUT2D eigenvalue weighted by Gasteiger charge is 2.27. The van der Waals surface area contributed by atoms with Gasteiger partial charge in [-0.05, 0) is 6.92 Å². The summed E-state index contributed by atoms with van der Waals surface area (Å²) in [5, 5.41) is 8.63. The van der Waals surface area contributed by atoms with Crippen LogP contribution in [0.1, 0.15) is 17.3 Å². The molecule has 0 aliphatic rings.